The SMILES string of the molecule is CCOC(=O)c1ccc(N2C(=O)CC(Sc3ccc(NC(=O)c4ccc(OC)cc4)cc3)C2=O)cc1. The Morgan fingerprint density at radius 3 is 2.19 bits per heavy atom. The van der Waals surface area contributed by atoms with Crippen LogP contribution >= 0.6 is 11.8 Å². The van der Waals surface area contributed by atoms with Gasteiger partial charge in [0.05, 0.1) is 30.2 Å². The van der Waals surface area contributed by atoms with Crippen molar-refractivity contribution in [2.24, 2.45) is 0 Å². The normalized spacial score (nSPS) is 15.1. The van der Waals surface area contributed by atoms with Gasteiger partial charge in [-0.3, -0.25) is 14.4 Å². The lowest BCUT2D eigenvalue weighted by Crippen LogP contribution is -2.31. The average molecular weight is 505 g/mol. The van der Waals surface area contributed by atoms with Gasteiger partial charge in [-0.2, -0.15) is 0 Å². The lowest BCUT2D eigenvalue weighted by molar-refractivity contribution is -0.121. The van der Waals surface area contributed by atoms with E-state index in [0.29, 0.717) is 28.3 Å². The molecular formula is C27H24N2O6S. The Kier molecular flexibility index (Phi) is 7.70. The summed E-state index contributed by atoms with van der Waals surface area (Å²) in [6.07, 6.45) is 0.0685. The summed E-state index contributed by atoms with van der Waals surface area (Å²) >= 11 is 1.29. The number of carbonyl (C=O) groups is 4. The van der Waals surface area contributed by atoms with E-state index in [1.165, 1.54) is 23.9 Å². The first-order chi connectivity index (χ1) is 17.4. The summed E-state index contributed by atoms with van der Waals surface area (Å²) in [5.41, 5.74) is 1.87. The summed E-state index contributed by atoms with van der Waals surface area (Å²) in [7, 11) is 1.56. The molecule has 1 unspecified atom stereocenters. The predicted octanol–water partition coefficient (Wildman–Crippen LogP) is 4.55. The Morgan fingerprint density at radius 1 is 0.944 bits per heavy atom. The molecule has 3 amide bonds. The molecule has 36 heavy (non-hydrogen) atoms. The number of nitrogens with one attached hydrogen (secondary N) is 1. The molecule has 0 aromatic heterocycles. The fourth-order valence-electron chi connectivity index (χ4n) is 3.66. The van der Waals surface area contributed by atoms with Crippen LogP contribution in [0.4, 0.5) is 11.4 Å². The van der Waals surface area contributed by atoms with Crippen LogP contribution in [0.15, 0.2) is 77.7 Å². The highest BCUT2D eigenvalue weighted by atomic mass is 32.2. The van der Waals surface area contributed by atoms with Gasteiger partial charge in [0.2, 0.25) is 11.8 Å². The zero-order valence-electron chi connectivity index (χ0n) is 19.7. The van der Waals surface area contributed by atoms with Crippen LogP contribution in [-0.2, 0) is 14.3 Å². The minimum absolute atomic E-state index is 0.0685. The molecule has 0 saturated carbocycles. The third-order valence-corrected chi connectivity index (χ3v) is 6.68. The number of thioether (sulfide) groups is 1. The lowest BCUT2D eigenvalue weighted by atomic mass is 10.2. The highest BCUT2D eigenvalue weighted by molar-refractivity contribution is 8.00. The number of benzene rings is 3. The quantitative estimate of drug-likeness (QED) is 0.355. The molecule has 3 aromatic rings. The zero-order valence-corrected chi connectivity index (χ0v) is 20.5. The Bertz CT molecular complexity index is 1270. The van der Waals surface area contributed by atoms with Crippen molar-refractivity contribution in [2.75, 3.05) is 23.9 Å². The summed E-state index contributed by atoms with van der Waals surface area (Å²) in [5.74, 6) is -0.657. The van der Waals surface area contributed by atoms with Gasteiger partial charge in [0.1, 0.15) is 5.75 Å². The second kappa shape index (κ2) is 11.1. The molecule has 0 aliphatic carbocycles. The van der Waals surface area contributed by atoms with E-state index in [0.717, 1.165) is 9.80 Å². The third kappa shape index (κ3) is 5.58. The molecule has 9 heteroatoms. The topological polar surface area (TPSA) is 102 Å². The van der Waals surface area contributed by atoms with Crippen molar-refractivity contribution in [3.63, 3.8) is 0 Å². The van der Waals surface area contributed by atoms with Gasteiger partial charge in [0, 0.05) is 22.6 Å². The number of anilines is 2. The summed E-state index contributed by atoms with van der Waals surface area (Å²) < 4.78 is 10.1. The van der Waals surface area contributed by atoms with Gasteiger partial charge in [-0.1, -0.05) is 0 Å². The first kappa shape index (κ1) is 25.0. The van der Waals surface area contributed by atoms with Crippen LogP contribution in [0.3, 0.4) is 0 Å². The number of ether oxygens (including phenoxy) is 2. The summed E-state index contributed by atoms with van der Waals surface area (Å²) in [6, 6.07) is 20.1. The molecular weight excluding hydrogens is 480 g/mol. The van der Waals surface area contributed by atoms with Crippen LogP contribution in [0.1, 0.15) is 34.1 Å². The molecule has 1 fully saturated rings. The molecule has 0 bridgehead atoms. The summed E-state index contributed by atoms with van der Waals surface area (Å²) in [6.45, 7) is 1.98. The van der Waals surface area contributed by atoms with Crippen molar-refractivity contribution in [3.8, 4) is 5.75 Å². The van der Waals surface area contributed by atoms with E-state index in [4.69, 9.17) is 9.47 Å². The molecule has 1 atom stereocenters. The molecule has 1 N–H and O–H groups in total. The number of nitrogens with zero attached hydrogens (tertiary/aromatic N) is 1. The Balaban J connectivity index is 1.37. The third-order valence-electron chi connectivity index (χ3n) is 5.48. The first-order valence-electron chi connectivity index (χ1n) is 11.3. The fraction of sp³-hybridized carbons (Fsp3) is 0.185. The molecule has 0 spiro atoms. The Morgan fingerprint density at radius 2 is 1.58 bits per heavy atom. The fourth-order valence-corrected chi connectivity index (χ4v) is 4.71. The second-order valence-corrected chi connectivity index (χ2v) is 9.13. The standard InChI is InChI=1S/C27H24N2O6S/c1-3-35-27(33)18-4-10-20(11-5-18)29-24(30)16-23(26(29)32)36-22-14-8-19(9-15-22)28-25(31)17-6-12-21(34-2)13-7-17/h4-15,23H,3,16H2,1-2H3,(H,28,31). The molecule has 1 heterocycles. The van der Waals surface area contributed by atoms with E-state index in [1.807, 2.05) is 0 Å². The zero-order chi connectivity index (χ0) is 25.7. The van der Waals surface area contributed by atoms with E-state index in [2.05, 4.69) is 5.32 Å². The minimum Gasteiger partial charge on any atom is -0.497 e. The highest BCUT2D eigenvalue weighted by Gasteiger charge is 2.40. The van der Waals surface area contributed by atoms with E-state index in [1.54, 1.807) is 74.7 Å². The van der Waals surface area contributed by atoms with E-state index >= 15 is 0 Å². The van der Waals surface area contributed by atoms with Crippen LogP contribution in [0.2, 0.25) is 0 Å². The molecule has 1 aliphatic rings. The number of carbonyl (C=O) groups excluding carboxylic acids is 4. The van der Waals surface area contributed by atoms with Crippen LogP contribution < -0.4 is 15.0 Å². The van der Waals surface area contributed by atoms with Crippen LogP contribution in [-0.4, -0.2) is 42.7 Å². The molecule has 8 nitrogen and oxygen atoms in total. The number of methoxy groups -OCH3 is 1. The average Bonchev–Trinajstić information content (AvgIpc) is 3.17. The molecule has 0 radical (unpaired) electrons. The molecule has 3 aromatic carbocycles. The maximum Gasteiger partial charge on any atom is 0.338 e. The number of imide groups is 1. The van der Waals surface area contributed by atoms with Crippen molar-refractivity contribution >= 4 is 46.8 Å². The number of esters is 1. The summed E-state index contributed by atoms with van der Waals surface area (Å²) in [5, 5.41) is 2.26. The van der Waals surface area contributed by atoms with E-state index in [-0.39, 0.29) is 30.7 Å². The molecule has 1 aliphatic heterocycles. The number of rotatable bonds is 8. The number of hydrogen-bond acceptors (Lipinski definition) is 7. The minimum atomic E-state index is -0.568. The molecule has 1 saturated heterocycles. The number of hydrogen-bond donors (Lipinski definition) is 1. The van der Waals surface area contributed by atoms with Crippen molar-refractivity contribution in [3.05, 3.63) is 83.9 Å². The Hall–Kier alpha value is -4.11. The van der Waals surface area contributed by atoms with Gasteiger partial charge in [-0.05, 0) is 79.7 Å². The van der Waals surface area contributed by atoms with Gasteiger partial charge < -0.3 is 14.8 Å². The lowest BCUT2D eigenvalue weighted by Gasteiger charge is -2.15. The second-order valence-electron chi connectivity index (χ2n) is 7.85. The largest absolute Gasteiger partial charge is 0.497 e. The summed E-state index contributed by atoms with van der Waals surface area (Å²) in [4.78, 5) is 51.8. The maximum absolute atomic E-state index is 13.0. The van der Waals surface area contributed by atoms with E-state index in [9.17, 15) is 19.2 Å². The monoisotopic (exact) mass is 504 g/mol. The van der Waals surface area contributed by atoms with E-state index < -0.39 is 11.2 Å². The van der Waals surface area contributed by atoms with Crippen LogP contribution in [0.25, 0.3) is 0 Å². The van der Waals surface area contributed by atoms with Gasteiger partial charge >= 0.3 is 5.97 Å². The van der Waals surface area contributed by atoms with Gasteiger partial charge in [0.25, 0.3) is 5.91 Å². The van der Waals surface area contributed by atoms with Crippen molar-refractivity contribution in [2.45, 2.75) is 23.5 Å². The Labute approximate surface area is 212 Å². The van der Waals surface area contributed by atoms with Crippen LogP contribution in [0, 0.1) is 0 Å². The van der Waals surface area contributed by atoms with Gasteiger partial charge in [-0.15, -0.1) is 11.8 Å². The highest BCUT2D eigenvalue weighted by Crippen LogP contribution is 2.34. The molecule has 4 rings (SSSR count). The van der Waals surface area contributed by atoms with Crippen molar-refractivity contribution in [1.82, 2.24) is 0 Å². The molecule has 184 valence electrons. The van der Waals surface area contributed by atoms with Crippen molar-refractivity contribution in [1.29, 1.82) is 0 Å². The predicted molar refractivity (Wildman–Crippen MR) is 137 cm³/mol. The smallest absolute Gasteiger partial charge is 0.338 e. The van der Waals surface area contributed by atoms with Gasteiger partial charge in [0.15, 0.2) is 0 Å². The maximum atomic E-state index is 13.0. The first-order valence-corrected chi connectivity index (χ1v) is 12.1. The van der Waals surface area contributed by atoms with Crippen molar-refractivity contribution < 1.29 is 28.7 Å². The van der Waals surface area contributed by atoms with Crippen LogP contribution in [0.5, 0.6) is 5.75 Å². The number of amides is 3. The van der Waals surface area contributed by atoms with Gasteiger partial charge in [-0.25, -0.2) is 9.69 Å².